The number of amides is 1. The second kappa shape index (κ2) is 9.40. The van der Waals surface area contributed by atoms with Crippen molar-refractivity contribution in [2.24, 2.45) is 0 Å². The number of carbonyl (C=O) groups is 2. The summed E-state index contributed by atoms with van der Waals surface area (Å²) in [6, 6.07) is 10.1. The largest absolute Gasteiger partial charge is 0.480 e. The molecule has 0 radical (unpaired) electrons. The highest BCUT2D eigenvalue weighted by Gasteiger charge is 2.29. The number of aliphatic carboxylic acids is 1. The van der Waals surface area contributed by atoms with Crippen LogP contribution >= 0.6 is 23.2 Å². The summed E-state index contributed by atoms with van der Waals surface area (Å²) in [4.78, 5) is 28.4. The lowest BCUT2D eigenvalue weighted by molar-refractivity contribution is -0.137. The Morgan fingerprint density at radius 1 is 1.19 bits per heavy atom. The molecule has 2 aromatic rings. The number of rotatable bonds is 4. The van der Waals surface area contributed by atoms with Crippen molar-refractivity contribution in [1.82, 2.24) is 0 Å². The Labute approximate surface area is 196 Å². The maximum atomic E-state index is 13.0. The van der Waals surface area contributed by atoms with E-state index in [-0.39, 0.29) is 12.3 Å². The summed E-state index contributed by atoms with van der Waals surface area (Å²) in [7, 11) is 1.68. The van der Waals surface area contributed by atoms with Crippen LogP contribution in [-0.2, 0) is 14.3 Å². The first-order chi connectivity index (χ1) is 15.3. The Bertz CT molecular complexity index is 1070. The Balaban J connectivity index is 1.59. The van der Waals surface area contributed by atoms with Crippen molar-refractivity contribution in [3.05, 3.63) is 58.1 Å². The molecule has 4 rings (SSSR count). The standard InChI is InChI=1S/C23H23Cl2N3O4/c1-27(16-2-4-17(5-3-16)28-6-8-32-9-7-28)21(29)11-14-10-20(23(30)31)26-19-13-15(24)12-18(25)22(14)19/h2-5,11-13,20,26H,6-10H2,1H3,(H,30,31)/b14-11+. The lowest BCUT2D eigenvalue weighted by Gasteiger charge is -2.29. The average molecular weight is 476 g/mol. The Kier molecular flexibility index (Phi) is 6.60. The van der Waals surface area contributed by atoms with E-state index >= 15 is 0 Å². The van der Waals surface area contributed by atoms with E-state index in [1.165, 1.54) is 11.0 Å². The summed E-state index contributed by atoms with van der Waals surface area (Å²) < 4.78 is 5.39. The van der Waals surface area contributed by atoms with Gasteiger partial charge < -0.3 is 25.0 Å². The first kappa shape index (κ1) is 22.5. The molecule has 2 heterocycles. The van der Waals surface area contributed by atoms with Gasteiger partial charge in [0.25, 0.3) is 5.91 Å². The van der Waals surface area contributed by atoms with Gasteiger partial charge in [0.15, 0.2) is 0 Å². The number of benzene rings is 2. The fourth-order valence-electron chi connectivity index (χ4n) is 3.94. The number of likely N-dealkylation sites (N-methyl/N-ethyl adjacent to an activating group) is 1. The van der Waals surface area contributed by atoms with Crippen LogP contribution < -0.4 is 15.1 Å². The minimum absolute atomic E-state index is 0.124. The predicted molar refractivity (Wildman–Crippen MR) is 127 cm³/mol. The number of anilines is 3. The number of ether oxygens (including phenoxy) is 1. The molecule has 9 heteroatoms. The van der Waals surface area contributed by atoms with Gasteiger partial charge in [-0.15, -0.1) is 0 Å². The molecule has 168 valence electrons. The number of halogens is 2. The Hall–Kier alpha value is -2.74. The van der Waals surface area contributed by atoms with Crippen LogP contribution in [-0.4, -0.2) is 56.4 Å². The number of carboxylic acid groups (broad SMARTS) is 1. The normalized spacial score (nSPS) is 19.3. The Morgan fingerprint density at radius 3 is 2.53 bits per heavy atom. The van der Waals surface area contributed by atoms with Crippen LogP contribution in [0, 0.1) is 0 Å². The molecule has 32 heavy (non-hydrogen) atoms. The maximum absolute atomic E-state index is 13.0. The molecule has 2 N–H and O–H groups in total. The molecule has 0 bridgehead atoms. The number of carboxylic acids is 1. The molecular formula is C23H23Cl2N3O4. The number of fused-ring (bicyclic) bond motifs is 1. The number of carbonyl (C=O) groups excluding carboxylic acids is 1. The predicted octanol–water partition coefficient (Wildman–Crippen LogP) is 4.15. The van der Waals surface area contributed by atoms with Gasteiger partial charge in [0.05, 0.1) is 18.2 Å². The van der Waals surface area contributed by atoms with Crippen molar-refractivity contribution in [3.8, 4) is 0 Å². The summed E-state index contributed by atoms with van der Waals surface area (Å²) in [6.45, 7) is 3.08. The summed E-state index contributed by atoms with van der Waals surface area (Å²) in [5.74, 6) is -1.29. The third-order valence-electron chi connectivity index (χ3n) is 5.67. The number of nitrogens with zero attached hydrogens (tertiary/aromatic N) is 2. The molecule has 1 fully saturated rings. The fraction of sp³-hybridized carbons (Fsp3) is 0.304. The highest BCUT2D eigenvalue weighted by atomic mass is 35.5. The van der Waals surface area contributed by atoms with Gasteiger partial charge in [0.2, 0.25) is 0 Å². The zero-order chi connectivity index (χ0) is 22.8. The van der Waals surface area contributed by atoms with E-state index in [1.54, 1.807) is 19.2 Å². The van der Waals surface area contributed by atoms with E-state index in [2.05, 4.69) is 10.2 Å². The van der Waals surface area contributed by atoms with Gasteiger partial charge in [0, 0.05) is 60.3 Å². The number of hydrogen-bond acceptors (Lipinski definition) is 5. The van der Waals surface area contributed by atoms with Crippen LogP contribution in [0.4, 0.5) is 17.1 Å². The number of hydrogen-bond donors (Lipinski definition) is 2. The second-order valence-electron chi connectivity index (χ2n) is 7.73. The van der Waals surface area contributed by atoms with Crippen molar-refractivity contribution >= 4 is 57.7 Å². The van der Waals surface area contributed by atoms with E-state index in [9.17, 15) is 14.7 Å². The number of morpholine rings is 1. The van der Waals surface area contributed by atoms with E-state index in [1.807, 2.05) is 24.3 Å². The van der Waals surface area contributed by atoms with Crippen molar-refractivity contribution in [2.45, 2.75) is 12.5 Å². The molecule has 2 aliphatic heterocycles. The third-order valence-corrected chi connectivity index (χ3v) is 6.19. The lowest BCUT2D eigenvalue weighted by atomic mass is 9.91. The lowest BCUT2D eigenvalue weighted by Crippen LogP contribution is -2.36. The monoisotopic (exact) mass is 475 g/mol. The highest BCUT2D eigenvalue weighted by Crippen LogP contribution is 2.40. The van der Waals surface area contributed by atoms with Crippen LogP contribution in [0.1, 0.15) is 12.0 Å². The molecule has 1 atom stereocenters. The smallest absolute Gasteiger partial charge is 0.326 e. The molecule has 1 unspecified atom stereocenters. The van der Waals surface area contributed by atoms with Crippen molar-refractivity contribution in [3.63, 3.8) is 0 Å². The van der Waals surface area contributed by atoms with Gasteiger partial charge in [0.1, 0.15) is 6.04 Å². The maximum Gasteiger partial charge on any atom is 0.326 e. The SMILES string of the molecule is CN(C(=O)/C=C1\CC(C(=O)O)Nc2cc(Cl)cc(Cl)c21)c1ccc(N2CCOCC2)cc1. The molecule has 2 aliphatic rings. The van der Waals surface area contributed by atoms with Gasteiger partial charge in [-0.3, -0.25) is 4.79 Å². The van der Waals surface area contributed by atoms with Gasteiger partial charge in [-0.05, 0) is 42.0 Å². The first-order valence-electron chi connectivity index (χ1n) is 10.2. The molecular weight excluding hydrogens is 453 g/mol. The van der Waals surface area contributed by atoms with Crippen LogP contribution in [0.2, 0.25) is 10.0 Å². The van der Waals surface area contributed by atoms with Crippen molar-refractivity contribution < 1.29 is 19.4 Å². The molecule has 2 aromatic carbocycles. The second-order valence-corrected chi connectivity index (χ2v) is 8.58. The molecule has 0 saturated carbocycles. The van der Waals surface area contributed by atoms with Gasteiger partial charge in [-0.2, -0.15) is 0 Å². The van der Waals surface area contributed by atoms with E-state index < -0.39 is 12.0 Å². The average Bonchev–Trinajstić information content (AvgIpc) is 2.78. The summed E-state index contributed by atoms with van der Waals surface area (Å²) in [5, 5.41) is 13.2. The quantitative estimate of drug-likeness (QED) is 0.646. The highest BCUT2D eigenvalue weighted by molar-refractivity contribution is 6.36. The zero-order valence-electron chi connectivity index (χ0n) is 17.5. The van der Waals surface area contributed by atoms with Crippen LogP contribution in [0.5, 0.6) is 0 Å². The minimum atomic E-state index is -1.02. The first-order valence-corrected chi connectivity index (χ1v) is 11.0. The number of nitrogens with one attached hydrogen (secondary N) is 1. The third kappa shape index (κ3) is 4.70. The van der Waals surface area contributed by atoms with Gasteiger partial charge in [-0.25, -0.2) is 4.79 Å². The van der Waals surface area contributed by atoms with Crippen molar-refractivity contribution in [1.29, 1.82) is 0 Å². The van der Waals surface area contributed by atoms with Gasteiger partial charge in [-0.1, -0.05) is 23.2 Å². The van der Waals surface area contributed by atoms with Crippen molar-refractivity contribution in [2.75, 3.05) is 48.5 Å². The van der Waals surface area contributed by atoms with Crippen LogP contribution in [0.15, 0.2) is 42.5 Å². The fourth-order valence-corrected chi connectivity index (χ4v) is 4.55. The molecule has 7 nitrogen and oxygen atoms in total. The van der Waals surface area contributed by atoms with Gasteiger partial charge >= 0.3 is 5.97 Å². The molecule has 0 aliphatic carbocycles. The molecule has 1 saturated heterocycles. The van der Waals surface area contributed by atoms with E-state index in [0.717, 1.165) is 24.5 Å². The Morgan fingerprint density at radius 2 is 1.88 bits per heavy atom. The van der Waals surface area contributed by atoms with Crippen LogP contribution in [0.25, 0.3) is 5.57 Å². The van der Waals surface area contributed by atoms with E-state index in [4.69, 9.17) is 27.9 Å². The van der Waals surface area contributed by atoms with E-state index in [0.29, 0.717) is 40.1 Å². The molecule has 1 amide bonds. The summed E-state index contributed by atoms with van der Waals surface area (Å²) >= 11 is 12.5. The zero-order valence-corrected chi connectivity index (χ0v) is 19.0. The minimum Gasteiger partial charge on any atom is -0.480 e. The summed E-state index contributed by atoms with van der Waals surface area (Å²) in [5.41, 5.74) is 3.46. The molecule has 0 spiro atoms. The molecule has 0 aromatic heterocycles. The summed E-state index contributed by atoms with van der Waals surface area (Å²) in [6.07, 6.45) is 1.57. The topological polar surface area (TPSA) is 82.1 Å². The van der Waals surface area contributed by atoms with Crippen LogP contribution in [0.3, 0.4) is 0 Å².